The van der Waals surface area contributed by atoms with Crippen LogP contribution in [0.1, 0.15) is 18.4 Å². The lowest BCUT2D eigenvalue weighted by atomic mass is 10.0. The Balaban J connectivity index is 1.72. The number of nitro groups is 1. The van der Waals surface area contributed by atoms with E-state index < -0.39 is 4.92 Å². The molecule has 126 valence electrons. The van der Waals surface area contributed by atoms with Crippen molar-refractivity contribution in [3.05, 3.63) is 58.0 Å². The molecule has 0 aliphatic carbocycles. The molecule has 1 unspecified atom stereocenters. The number of halogens is 1. The number of aryl methyl sites for hydroxylation is 1. The third-order valence-electron chi connectivity index (χ3n) is 4.23. The average Bonchev–Trinajstić information content (AvgIpc) is 2.57. The first-order chi connectivity index (χ1) is 11.5. The van der Waals surface area contributed by atoms with Crippen LogP contribution in [0.25, 0.3) is 0 Å². The van der Waals surface area contributed by atoms with Gasteiger partial charge in [0.25, 0.3) is 5.69 Å². The summed E-state index contributed by atoms with van der Waals surface area (Å²) in [6.07, 6.45) is 3.15. The summed E-state index contributed by atoms with van der Waals surface area (Å²) in [6, 6.07) is 8.39. The van der Waals surface area contributed by atoms with Crippen molar-refractivity contribution in [2.75, 3.05) is 23.3 Å². The van der Waals surface area contributed by atoms with Gasteiger partial charge in [-0.05, 0) is 37.5 Å². The summed E-state index contributed by atoms with van der Waals surface area (Å²) in [5, 5.41) is 14.1. The highest BCUT2D eigenvalue weighted by Gasteiger charge is 2.23. The van der Waals surface area contributed by atoms with E-state index in [1.165, 1.54) is 18.3 Å². The summed E-state index contributed by atoms with van der Waals surface area (Å²) in [7, 11) is 0. The molecule has 0 spiro atoms. The predicted molar refractivity (Wildman–Crippen MR) is 90.9 cm³/mol. The van der Waals surface area contributed by atoms with Gasteiger partial charge in [-0.15, -0.1) is 0 Å². The first kappa shape index (κ1) is 16.2. The molecule has 3 rings (SSSR count). The van der Waals surface area contributed by atoms with Crippen LogP contribution in [0.2, 0.25) is 0 Å². The molecule has 1 fully saturated rings. The van der Waals surface area contributed by atoms with Crippen molar-refractivity contribution in [3.8, 4) is 0 Å². The van der Waals surface area contributed by atoms with Crippen molar-refractivity contribution in [2.24, 2.45) is 0 Å². The lowest BCUT2D eigenvalue weighted by molar-refractivity contribution is -0.385. The first-order valence-corrected chi connectivity index (χ1v) is 7.91. The summed E-state index contributed by atoms with van der Waals surface area (Å²) in [6.45, 7) is 3.27. The second-order valence-corrected chi connectivity index (χ2v) is 6.00. The Bertz CT molecular complexity index is 753. The number of nitrogens with zero attached hydrogens (tertiary/aromatic N) is 3. The first-order valence-electron chi connectivity index (χ1n) is 7.91. The van der Waals surface area contributed by atoms with E-state index in [2.05, 4.69) is 10.3 Å². The molecular weight excluding hydrogens is 311 g/mol. The molecule has 1 aromatic carbocycles. The molecule has 0 saturated carbocycles. The Morgan fingerprint density at radius 1 is 1.42 bits per heavy atom. The maximum absolute atomic E-state index is 14.0. The highest BCUT2D eigenvalue weighted by atomic mass is 19.1. The summed E-state index contributed by atoms with van der Waals surface area (Å²) in [5.41, 5.74) is 1.32. The minimum absolute atomic E-state index is 0.0188. The van der Waals surface area contributed by atoms with E-state index in [1.807, 2.05) is 11.0 Å². The number of benzene rings is 1. The van der Waals surface area contributed by atoms with Crippen LogP contribution in [0.4, 0.5) is 21.6 Å². The van der Waals surface area contributed by atoms with Crippen molar-refractivity contribution in [1.29, 1.82) is 0 Å². The molecule has 1 aliphatic heterocycles. The van der Waals surface area contributed by atoms with Gasteiger partial charge in [-0.3, -0.25) is 10.1 Å². The third-order valence-corrected chi connectivity index (χ3v) is 4.23. The standard InChI is InChI=1S/C17H19FN4O2/c1-12-9-14(22(23)24)10-19-17(12)20-13-5-4-8-21(11-13)16-7-3-2-6-15(16)18/h2-3,6-7,9-10,13H,4-5,8,11H2,1H3,(H,19,20). The normalized spacial score (nSPS) is 17.6. The number of anilines is 2. The van der Waals surface area contributed by atoms with Crippen molar-refractivity contribution >= 4 is 17.2 Å². The van der Waals surface area contributed by atoms with Gasteiger partial charge in [0.2, 0.25) is 0 Å². The van der Waals surface area contributed by atoms with Crippen molar-refractivity contribution in [3.63, 3.8) is 0 Å². The van der Waals surface area contributed by atoms with Crippen LogP contribution >= 0.6 is 0 Å². The number of aromatic nitrogens is 1. The van der Waals surface area contributed by atoms with E-state index >= 15 is 0 Å². The molecule has 1 saturated heterocycles. The molecule has 0 bridgehead atoms. The molecule has 0 amide bonds. The van der Waals surface area contributed by atoms with E-state index in [0.717, 1.165) is 24.9 Å². The van der Waals surface area contributed by atoms with Gasteiger partial charge in [0.05, 0.1) is 10.6 Å². The summed E-state index contributed by atoms with van der Waals surface area (Å²) in [5.74, 6) is 0.420. The summed E-state index contributed by atoms with van der Waals surface area (Å²) >= 11 is 0. The molecule has 1 atom stereocenters. The monoisotopic (exact) mass is 330 g/mol. The molecule has 2 heterocycles. The minimum atomic E-state index is -0.454. The van der Waals surface area contributed by atoms with E-state index in [0.29, 0.717) is 18.1 Å². The Hall–Kier alpha value is -2.70. The van der Waals surface area contributed by atoms with Gasteiger partial charge in [0, 0.05) is 25.2 Å². The number of nitrogens with one attached hydrogen (secondary N) is 1. The molecule has 6 nitrogen and oxygen atoms in total. The average molecular weight is 330 g/mol. The minimum Gasteiger partial charge on any atom is -0.367 e. The fourth-order valence-electron chi connectivity index (χ4n) is 3.03. The van der Waals surface area contributed by atoms with Crippen LogP contribution in [0.3, 0.4) is 0 Å². The number of hydrogen-bond acceptors (Lipinski definition) is 5. The lowest BCUT2D eigenvalue weighted by Gasteiger charge is -2.35. The summed E-state index contributed by atoms with van der Waals surface area (Å²) < 4.78 is 14.0. The van der Waals surface area contributed by atoms with Crippen molar-refractivity contribution < 1.29 is 9.31 Å². The van der Waals surface area contributed by atoms with Crippen molar-refractivity contribution in [2.45, 2.75) is 25.8 Å². The van der Waals surface area contributed by atoms with Crippen LogP contribution < -0.4 is 10.2 Å². The number of pyridine rings is 1. The number of rotatable bonds is 4. The van der Waals surface area contributed by atoms with Gasteiger partial charge < -0.3 is 10.2 Å². The zero-order valence-corrected chi connectivity index (χ0v) is 13.4. The van der Waals surface area contributed by atoms with Gasteiger partial charge in [0.1, 0.15) is 17.8 Å². The Kier molecular flexibility index (Phi) is 4.59. The topological polar surface area (TPSA) is 71.3 Å². The van der Waals surface area contributed by atoms with Crippen LogP contribution in [0, 0.1) is 22.9 Å². The quantitative estimate of drug-likeness (QED) is 0.686. The third kappa shape index (κ3) is 3.45. The zero-order chi connectivity index (χ0) is 17.1. The Morgan fingerprint density at radius 3 is 2.92 bits per heavy atom. The highest BCUT2D eigenvalue weighted by molar-refractivity contribution is 5.51. The van der Waals surface area contributed by atoms with E-state index in [1.54, 1.807) is 19.1 Å². The van der Waals surface area contributed by atoms with E-state index in [9.17, 15) is 14.5 Å². The van der Waals surface area contributed by atoms with Crippen LogP contribution in [-0.2, 0) is 0 Å². The van der Waals surface area contributed by atoms with Gasteiger partial charge >= 0.3 is 0 Å². The maximum atomic E-state index is 14.0. The van der Waals surface area contributed by atoms with Gasteiger partial charge in [-0.2, -0.15) is 0 Å². The largest absolute Gasteiger partial charge is 0.367 e. The van der Waals surface area contributed by atoms with Crippen LogP contribution in [-0.4, -0.2) is 29.0 Å². The molecule has 1 N–H and O–H groups in total. The molecule has 7 heteroatoms. The molecule has 1 aliphatic rings. The summed E-state index contributed by atoms with van der Waals surface area (Å²) in [4.78, 5) is 16.5. The SMILES string of the molecule is Cc1cc([N+](=O)[O-])cnc1NC1CCCN(c2ccccc2F)C1. The van der Waals surface area contributed by atoms with Crippen LogP contribution in [0.15, 0.2) is 36.5 Å². The molecular formula is C17H19FN4O2. The van der Waals surface area contributed by atoms with Gasteiger partial charge in [-0.1, -0.05) is 12.1 Å². The Morgan fingerprint density at radius 2 is 2.21 bits per heavy atom. The fourth-order valence-corrected chi connectivity index (χ4v) is 3.03. The Labute approximate surface area is 139 Å². The second-order valence-electron chi connectivity index (χ2n) is 6.00. The smallest absolute Gasteiger partial charge is 0.287 e. The number of hydrogen-bond donors (Lipinski definition) is 1. The van der Waals surface area contributed by atoms with Gasteiger partial charge in [0.15, 0.2) is 0 Å². The number of para-hydroxylation sites is 1. The van der Waals surface area contributed by atoms with E-state index in [4.69, 9.17) is 0 Å². The van der Waals surface area contributed by atoms with E-state index in [-0.39, 0.29) is 17.5 Å². The molecule has 2 aromatic rings. The molecule has 24 heavy (non-hydrogen) atoms. The lowest BCUT2D eigenvalue weighted by Crippen LogP contribution is -2.42. The predicted octanol–water partition coefficient (Wildman–Crippen LogP) is 3.52. The number of piperidine rings is 1. The zero-order valence-electron chi connectivity index (χ0n) is 13.4. The molecule has 1 aromatic heterocycles. The molecule has 0 radical (unpaired) electrons. The fraction of sp³-hybridized carbons (Fsp3) is 0.353. The van der Waals surface area contributed by atoms with Crippen LogP contribution in [0.5, 0.6) is 0 Å². The van der Waals surface area contributed by atoms with Gasteiger partial charge in [-0.25, -0.2) is 9.37 Å². The highest BCUT2D eigenvalue weighted by Crippen LogP contribution is 2.25. The second kappa shape index (κ2) is 6.82. The van der Waals surface area contributed by atoms with Crippen molar-refractivity contribution in [1.82, 2.24) is 4.98 Å². The maximum Gasteiger partial charge on any atom is 0.287 e.